The molecule has 0 aromatic rings. The SMILES string of the molecule is C=CC1(Br)C=CC(NC(=O)OC(C)(C)C)=CC1Cl. The monoisotopic (exact) mass is 333 g/mol. The van der Waals surface area contributed by atoms with Crippen molar-refractivity contribution in [3.8, 4) is 0 Å². The number of rotatable bonds is 2. The van der Waals surface area contributed by atoms with E-state index in [4.69, 9.17) is 16.3 Å². The summed E-state index contributed by atoms with van der Waals surface area (Å²) in [6.07, 6.45) is 6.55. The van der Waals surface area contributed by atoms with E-state index in [0.717, 1.165) is 0 Å². The quantitative estimate of drug-likeness (QED) is 0.614. The predicted molar refractivity (Wildman–Crippen MR) is 78.1 cm³/mol. The number of carbonyl (C=O) groups is 1. The third kappa shape index (κ3) is 4.18. The molecule has 0 heterocycles. The molecule has 1 amide bonds. The first kappa shape index (κ1) is 15.3. The van der Waals surface area contributed by atoms with E-state index < -0.39 is 16.0 Å². The van der Waals surface area contributed by atoms with Crippen molar-refractivity contribution in [2.75, 3.05) is 0 Å². The van der Waals surface area contributed by atoms with Crippen LogP contribution in [-0.4, -0.2) is 21.4 Å². The van der Waals surface area contributed by atoms with Gasteiger partial charge in [-0.15, -0.1) is 18.2 Å². The highest BCUT2D eigenvalue weighted by molar-refractivity contribution is 9.10. The van der Waals surface area contributed by atoms with E-state index in [1.807, 2.05) is 26.8 Å². The number of alkyl halides is 2. The fourth-order valence-corrected chi connectivity index (χ4v) is 1.90. The van der Waals surface area contributed by atoms with Crippen LogP contribution in [0.15, 0.2) is 36.6 Å². The number of allylic oxidation sites excluding steroid dienone is 4. The number of hydrogen-bond donors (Lipinski definition) is 1. The van der Waals surface area contributed by atoms with Crippen LogP contribution >= 0.6 is 27.5 Å². The van der Waals surface area contributed by atoms with Gasteiger partial charge >= 0.3 is 6.09 Å². The fraction of sp³-hybridized carbons (Fsp3) is 0.462. The Hall–Kier alpha value is -0.740. The maximum atomic E-state index is 11.6. The number of hydrogen-bond acceptors (Lipinski definition) is 2. The van der Waals surface area contributed by atoms with Crippen molar-refractivity contribution in [3.05, 3.63) is 36.6 Å². The first-order valence-corrected chi connectivity index (χ1v) is 6.77. The lowest BCUT2D eigenvalue weighted by Gasteiger charge is -2.27. The molecule has 1 aliphatic rings. The van der Waals surface area contributed by atoms with Crippen LogP contribution < -0.4 is 5.32 Å². The Balaban J connectivity index is 2.67. The minimum absolute atomic E-state index is 0.329. The van der Waals surface area contributed by atoms with E-state index in [1.165, 1.54) is 0 Å². The Bertz CT molecular complexity index is 412. The van der Waals surface area contributed by atoms with Gasteiger partial charge in [0, 0.05) is 5.70 Å². The average molecular weight is 335 g/mol. The van der Waals surface area contributed by atoms with Crippen LogP contribution in [0.1, 0.15) is 20.8 Å². The second-order valence-electron chi connectivity index (χ2n) is 5.02. The third-order valence-electron chi connectivity index (χ3n) is 2.23. The molecule has 2 unspecified atom stereocenters. The lowest BCUT2D eigenvalue weighted by Crippen LogP contribution is -2.35. The topological polar surface area (TPSA) is 38.3 Å². The van der Waals surface area contributed by atoms with Crippen LogP contribution in [-0.2, 0) is 4.74 Å². The van der Waals surface area contributed by atoms with Crippen molar-refractivity contribution in [1.29, 1.82) is 0 Å². The molecule has 0 saturated carbocycles. The number of ether oxygens (including phenoxy) is 1. The summed E-state index contributed by atoms with van der Waals surface area (Å²) in [4.78, 5) is 11.6. The van der Waals surface area contributed by atoms with Gasteiger partial charge in [-0.2, -0.15) is 0 Å². The van der Waals surface area contributed by atoms with E-state index in [1.54, 1.807) is 18.2 Å². The van der Waals surface area contributed by atoms with Crippen molar-refractivity contribution in [1.82, 2.24) is 5.32 Å². The molecule has 1 N–H and O–H groups in total. The molecule has 0 spiro atoms. The van der Waals surface area contributed by atoms with E-state index >= 15 is 0 Å². The van der Waals surface area contributed by atoms with Crippen molar-refractivity contribution in [3.63, 3.8) is 0 Å². The molecule has 100 valence electrons. The van der Waals surface area contributed by atoms with Gasteiger partial charge in [-0.1, -0.05) is 28.1 Å². The maximum Gasteiger partial charge on any atom is 0.412 e. The van der Waals surface area contributed by atoms with Crippen LogP contribution in [0.5, 0.6) is 0 Å². The Morgan fingerprint density at radius 1 is 1.67 bits per heavy atom. The van der Waals surface area contributed by atoms with Crippen LogP contribution in [0.25, 0.3) is 0 Å². The average Bonchev–Trinajstić information content (AvgIpc) is 2.21. The molecule has 0 bridgehead atoms. The largest absolute Gasteiger partial charge is 0.444 e. The summed E-state index contributed by atoms with van der Waals surface area (Å²) in [5, 5.41) is 2.31. The Labute approximate surface area is 121 Å². The molecule has 2 atom stereocenters. The van der Waals surface area contributed by atoms with Gasteiger partial charge in [0.2, 0.25) is 0 Å². The summed E-state index contributed by atoms with van der Waals surface area (Å²) in [5.74, 6) is 0. The van der Waals surface area contributed by atoms with Gasteiger partial charge in [-0.25, -0.2) is 4.79 Å². The molecule has 18 heavy (non-hydrogen) atoms. The van der Waals surface area contributed by atoms with Gasteiger partial charge in [0.25, 0.3) is 0 Å². The summed E-state index contributed by atoms with van der Waals surface area (Å²) < 4.78 is 4.68. The van der Waals surface area contributed by atoms with Crippen molar-refractivity contribution in [2.45, 2.75) is 36.1 Å². The minimum Gasteiger partial charge on any atom is -0.444 e. The summed E-state index contributed by atoms with van der Waals surface area (Å²) in [6, 6.07) is 0. The standard InChI is InChI=1S/C13H17BrClNO2/c1-5-13(14)7-6-9(8-10(13)15)16-11(17)18-12(2,3)4/h5-8,10H,1H2,2-4H3,(H,16,17). The molecule has 0 aromatic heterocycles. The van der Waals surface area contributed by atoms with Gasteiger partial charge < -0.3 is 4.74 Å². The summed E-state index contributed by atoms with van der Waals surface area (Å²) in [6.45, 7) is 9.14. The molecular formula is C13H17BrClNO2. The maximum absolute atomic E-state index is 11.6. The third-order valence-corrected chi connectivity index (χ3v) is 4.06. The molecule has 3 nitrogen and oxygen atoms in total. The number of halogens is 2. The first-order chi connectivity index (χ1) is 8.16. The first-order valence-electron chi connectivity index (χ1n) is 5.54. The minimum atomic E-state index is -0.524. The molecule has 0 aliphatic heterocycles. The van der Waals surface area contributed by atoms with E-state index in [2.05, 4.69) is 27.8 Å². The molecule has 1 rings (SSSR count). The van der Waals surface area contributed by atoms with Gasteiger partial charge in [-0.3, -0.25) is 5.32 Å². The molecule has 1 aliphatic carbocycles. The Kier molecular flexibility index (Phi) is 4.67. The highest BCUT2D eigenvalue weighted by atomic mass is 79.9. The molecule has 5 heteroatoms. The predicted octanol–water partition coefficient (Wildman–Crippen LogP) is 3.89. The van der Waals surface area contributed by atoms with Gasteiger partial charge in [-0.05, 0) is 32.9 Å². The Morgan fingerprint density at radius 2 is 2.28 bits per heavy atom. The zero-order valence-corrected chi connectivity index (χ0v) is 13.0. The molecule has 0 radical (unpaired) electrons. The lowest BCUT2D eigenvalue weighted by molar-refractivity contribution is 0.0547. The summed E-state index contributed by atoms with van der Waals surface area (Å²) in [7, 11) is 0. The van der Waals surface area contributed by atoms with E-state index in [9.17, 15) is 4.79 Å². The van der Waals surface area contributed by atoms with Gasteiger partial charge in [0.1, 0.15) is 5.60 Å². The second kappa shape index (κ2) is 5.49. The van der Waals surface area contributed by atoms with Crippen LogP contribution in [0.3, 0.4) is 0 Å². The number of carbonyl (C=O) groups excluding carboxylic acids is 1. The van der Waals surface area contributed by atoms with E-state index in [-0.39, 0.29) is 5.38 Å². The molecule has 0 aromatic carbocycles. The molecular weight excluding hydrogens is 318 g/mol. The fourth-order valence-electron chi connectivity index (χ4n) is 1.34. The molecule has 0 saturated heterocycles. The lowest BCUT2D eigenvalue weighted by atomic mass is 9.99. The van der Waals surface area contributed by atoms with Crippen LogP contribution in [0.4, 0.5) is 4.79 Å². The highest BCUT2D eigenvalue weighted by Crippen LogP contribution is 2.34. The smallest absolute Gasteiger partial charge is 0.412 e. The van der Waals surface area contributed by atoms with Gasteiger partial charge in [0.15, 0.2) is 0 Å². The zero-order chi connectivity index (χ0) is 14.0. The number of nitrogens with one attached hydrogen (secondary N) is 1. The van der Waals surface area contributed by atoms with E-state index in [0.29, 0.717) is 5.70 Å². The number of amides is 1. The van der Waals surface area contributed by atoms with Crippen LogP contribution in [0, 0.1) is 0 Å². The van der Waals surface area contributed by atoms with Crippen molar-refractivity contribution < 1.29 is 9.53 Å². The van der Waals surface area contributed by atoms with Gasteiger partial charge in [0.05, 0.1) is 9.70 Å². The van der Waals surface area contributed by atoms with Crippen molar-refractivity contribution >= 4 is 33.6 Å². The summed E-state index contributed by atoms with van der Waals surface area (Å²) in [5.41, 5.74) is 0.0881. The zero-order valence-electron chi connectivity index (χ0n) is 10.7. The van der Waals surface area contributed by atoms with Crippen LogP contribution in [0.2, 0.25) is 0 Å². The van der Waals surface area contributed by atoms with Crippen molar-refractivity contribution in [2.24, 2.45) is 0 Å². The normalized spacial score (nSPS) is 27.4. The molecule has 0 fully saturated rings. The Morgan fingerprint density at radius 3 is 2.72 bits per heavy atom. The number of alkyl carbamates (subject to hydrolysis) is 1. The summed E-state index contributed by atoms with van der Waals surface area (Å²) >= 11 is 9.67. The second-order valence-corrected chi connectivity index (χ2v) is 6.86. The highest BCUT2D eigenvalue weighted by Gasteiger charge is 2.31.